The van der Waals surface area contributed by atoms with E-state index in [-0.39, 0.29) is 6.10 Å². The highest BCUT2D eigenvalue weighted by Gasteiger charge is 2.21. The predicted octanol–water partition coefficient (Wildman–Crippen LogP) is 0.171. The summed E-state index contributed by atoms with van der Waals surface area (Å²) in [5.74, 6) is 0.902. The number of benzene rings is 1. The van der Waals surface area contributed by atoms with Gasteiger partial charge in [0.05, 0.1) is 33.3 Å². The normalized spacial score (nSPS) is 18.4. The van der Waals surface area contributed by atoms with Crippen molar-refractivity contribution in [1.82, 2.24) is 0 Å². The lowest BCUT2D eigenvalue weighted by atomic mass is 10.2. The first-order valence-electron chi connectivity index (χ1n) is 7.13. The number of nitrogens with one attached hydrogen (secondary N) is 1. The summed E-state index contributed by atoms with van der Waals surface area (Å²) >= 11 is 0. The number of hydrogen-bond donors (Lipinski definition) is 2. The Morgan fingerprint density at radius 2 is 1.89 bits per heavy atom. The fourth-order valence-electron chi connectivity index (χ4n) is 2.56. The van der Waals surface area contributed by atoms with Gasteiger partial charge < -0.3 is 19.6 Å². The molecular formula is C15H25N2O2+. The van der Waals surface area contributed by atoms with Gasteiger partial charge in [-0.3, -0.25) is 0 Å². The van der Waals surface area contributed by atoms with Gasteiger partial charge in [0, 0.05) is 5.69 Å². The number of hydrogen-bond acceptors (Lipinski definition) is 3. The first kappa shape index (κ1) is 14.2. The fraction of sp³-hybridized carbons (Fsp3) is 0.600. The maximum absolute atomic E-state index is 9.70. The Labute approximate surface area is 115 Å². The summed E-state index contributed by atoms with van der Waals surface area (Å²) in [7, 11) is 1.69. The van der Waals surface area contributed by atoms with E-state index in [1.54, 1.807) is 7.11 Å². The third kappa shape index (κ3) is 3.85. The Balaban J connectivity index is 1.85. The second-order valence-electron chi connectivity index (χ2n) is 5.20. The van der Waals surface area contributed by atoms with Crippen LogP contribution in [0.25, 0.3) is 0 Å². The van der Waals surface area contributed by atoms with E-state index in [1.165, 1.54) is 10.6 Å². The standard InChI is InChI=1S/C15H24N2O2/c1-3-14(18)12-16-8-10-17(11-9-16)13-4-6-15(19-2)7-5-13/h4-7,14,18H,3,8-12H2,1-2H3/p+1/t14-/m1/s1. The first-order valence-corrected chi connectivity index (χ1v) is 7.13. The van der Waals surface area contributed by atoms with Crippen molar-refractivity contribution in [3.63, 3.8) is 0 Å². The summed E-state index contributed by atoms with van der Waals surface area (Å²) in [6.45, 7) is 7.23. The molecule has 1 aliphatic heterocycles. The SMILES string of the molecule is CC[C@@H](O)C[NH+]1CCN(c2ccc(OC)cc2)CC1. The number of quaternary nitrogens is 1. The maximum atomic E-state index is 9.70. The van der Waals surface area contributed by atoms with Crippen LogP contribution in [0.2, 0.25) is 0 Å². The second kappa shape index (κ2) is 6.78. The van der Waals surface area contributed by atoms with Gasteiger partial charge in [0.1, 0.15) is 18.4 Å². The van der Waals surface area contributed by atoms with Crippen LogP contribution in [0, 0.1) is 0 Å². The molecule has 2 N–H and O–H groups in total. The molecule has 0 bridgehead atoms. The van der Waals surface area contributed by atoms with E-state index < -0.39 is 0 Å². The number of nitrogens with zero attached hydrogens (tertiary/aromatic N) is 1. The summed E-state index contributed by atoms with van der Waals surface area (Å²) in [5.41, 5.74) is 1.26. The van der Waals surface area contributed by atoms with E-state index in [4.69, 9.17) is 4.74 Å². The molecule has 4 nitrogen and oxygen atoms in total. The van der Waals surface area contributed by atoms with E-state index in [9.17, 15) is 5.11 Å². The van der Waals surface area contributed by atoms with Crippen LogP contribution < -0.4 is 14.5 Å². The molecule has 4 heteroatoms. The second-order valence-corrected chi connectivity index (χ2v) is 5.20. The number of aliphatic hydroxyl groups is 1. The summed E-state index contributed by atoms with van der Waals surface area (Å²) < 4.78 is 5.18. The number of ether oxygens (including phenoxy) is 1. The molecule has 1 aromatic rings. The van der Waals surface area contributed by atoms with E-state index in [0.29, 0.717) is 0 Å². The zero-order valence-corrected chi connectivity index (χ0v) is 11.9. The molecule has 1 aliphatic rings. The lowest BCUT2D eigenvalue weighted by Crippen LogP contribution is -3.15. The molecule has 0 spiro atoms. The molecule has 1 fully saturated rings. The summed E-state index contributed by atoms with van der Waals surface area (Å²) in [4.78, 5) is 3.92. The molecule has 1 heterocycles. The minimum atomic E-state index is -0.150. The third-order valence-corrected chi connectivity index (χ3v) is 3.90. The Bertz CT molecular complexity index is 372. The van der Waals surface area contributed by atoms with E-state index in [2.05, 4.69) is 17.0 Å². The van der Waals surface area contributed by atoms with Gasteiger partial charge in [-0.15, -0.1) is 0 Å². The first-order chi connectivity index (χ1) is 9.22. The highest BCUT2D eigenvalue weighted by Crippen LogP contribution is 2.18. The van der Waals surface area contributed by atoms with Gasteiger partial charge in [-0.2, -0.15) is 0 Å². The summed E-state index contributed by atoms with van der Waals surface area (Å²) in [6.07, 6.45) is 0.702. The van der Waals surface area contributed by atoms with Crippen LogP contribution in [0.5, 0.6) is 5.75 Å². The van der Waals surface area contributed by atoms with Gasteiger partial charge in [0.2, 0.25) is 0 Å². The quantitative estimate of drug-likeness (QED) is 0.797. The van der Waals surface area contributed by atoms with Gasteiger partial charge in [0.15, 0.2) is 0 Å². The number of piperazine rings is 1. The molecule has 0 aliphatic carbocycles. The number of anilines is 1. The smallest absolute Gasteiger partial charge is 0.119 e. The minimum Gasteiger partial charge on any atom is -0.497 e. The predicted molar refractivity (Wildman–Crippen MR) is 77.1 cm³/mol. The Hall–Kier alpha value is -1.26. The highest BCUT2D eigenvalue weighted by atomic mass is 16.5. The van der Waals surface area contributed by atoms with Gasteiger partial charge in [0.25, 0.3) is 0 Å². The fourth-order valence-corrected chi connectivity index (χ4v) is 2.56. The van der Waals surface area contributed by atoms with Gasteiger partial charge in [-0.1, -0.05) is 6.92 Å². The number of rotatable bonds is 5. The van der Waals surface area contributed by atoms with Crippen LogP contribution in [0.4, 0.5) is 5.69 Å². The van der Waals surface area contributed by atoms with Crippen molar-refractivity contribution in [2.24, 2.45) is 0 Å². The Morgan fingerprint density at radius 3 is 2.42 bits per heavy atom. The average molecular weight is 265 g/mol. The van der Waals surface area contributed by atoms with Crippen LogP contribution in [-0.2, 0) is 0 Å². The van der Waals surface area contributed by atoms with Crippen LogP contribution in [-0.4, -0.2) is 51.0 Å². The van der Waals surface area contributed by atoms with Crippen LogP contribution in [0.1, 0.15) is 13.3 Å². The molecular weight excluding hydrogens is 240 g/mol. The average Bonchev–Trinajstić information content (AvgIpc) is 2.48. The topological polar surface area (TPSA) is 37.1 Å². The van der Waals surface area contributed by atoms with Crippen LogP contribution in [0.3, 0.4) is 0 Å². The van der Waals surface area contributed by atoms with Crippen molar-refractivity contribution in [2.45, 2.75) is 19.4 Å². The summed E-state index contributed by atoms with van der Waals surface area (Å²) in [5, 5.41) is 9.70. The van der Waals surface area contributed by atoms with E-state index in [1.807, 2.05) is 19.1 Å². The Morgan fingerprint density at radius 1 is 1.26 bits per heavy atom. The Kier molecular flexibility index (Phi) is 5.05. The maximum Gasteiger partial charge on any atom is 0.119 e. The zero-order chi connectivity index (χ0) is 13.7. The van der Waals surface area contributed by atoms with E-state index in [0.717, 1.165) is 44.9 Å². The molecule has 0 radical (unpaired) electrons. The van der Waals surface area contributed by atoms with Gasteiger partial charge in [-0.25, -0.2) is 0 Å². The van der Waals surface area contributed by atoms with Crippen molar-refractivity contribution in [2.75, 3.05) is 44.7 Å². The molecule has 1 atom stereocenters. The van der Waals surface area contributed by atoms with Crippen molar-refractivity contribution < 1.29 is 14.7 Å². The molecule has 0 unspecified atom stereocenters. The number of aliphatic hydroxyl groups excluding tert-OH is 1. The van der Waals surface area contributed by atoms with Crippen molar-refractivity contribution in [3.05, 3.63) is 24.3 Å². The lowest BCUT2D eigenvalue weighted by molar-refractivity contribution is -0.903. The molecule has 2 rings (SSSR count). The highest BCUT2D eigenvalue weighted by molar-refractivity contribution is 5.49. The van der Waals surface area contributed by atoms with Crippen molar-refractivity contribution in [1.29, 1.82) is 0 Å². The zero-order valence-electron chi connectivity index (χ0n) is 11.9. The van der Waals surface area contributed by atoms with Gasteiger partial charge in [-0.05, 0) is 30.7 Å². The molecule has 1 aromatic carbocycles. The largest absolute Gasteiger partial charge is 0.497 e. The van der Waals surface area contributed by atoms with E-state index >= 15 is 0 Å². The molecule has 0 amide bonds. The molecule has 0 saturated carbocycles. The molecule has 1 saturated heterocycles. The third-order valence-electron chi connectivity index (χ3n) is 3.90. The van der Waals surface area contributed by atoms with Crippen molar-refractivity contribution in [3.8, 4) is 5.75 Å². The van der Waals surface area contributed by atoms with Gasteiger partial charge >= 0.3 is 0 Å². The van der Waals surface area contributed by atoms with Crippen LogP contribution >= 0.6 is 0 Å². The monoisotopic (exact) mass is 265 g/mol. The molecule has 19 heavy (non-hydrogen) atoms. The minimum absolute atomic E-state index is 0.150. The molecule has 0 aromatic heterocycles. The molecule has 106 valence electrons. The number of methoxy groups -OCH3 is 1. The van der Waals surface area contributed by atoms with Crippen molar-refractivity contribution >= 4 is 5.69 Å². The lowest BCUT2D eigenvalue weighted by Gasteiger charge is -2.34. The van der Waals surface area contributed by atoms with Crippen LogP contribution in [0.15, 0.2) is 24.3 Å². The summed E-state index contributed by atoms with van der Waals surface area (Å²) in [6, 6.07) is 8.25.